The summed E-state index contributed by atoms with van der Waals surface area (Å²) in [6.07, 6.45) is 2.63. The molecule has 0 radical (unpaired) electrons. The highest BCUT2D eigenvalue weighted by atomic mass is 15.0. The van der Waals surface area contributed by atoms with Crippen LogP contribution in [0.1, 0.15) is 18.2 Å². The summed E-state index contributed by atoms with van der Waals surface area (Å²) in [6.45, 7) is 4.09. The third-order valence-corrected chi connectivity index (χ3v) is 1.83. The summed E-state index contributed by atoms with van der Waals surface area (Å²) in [5.41, 5.74) is 2.23. The summed E-state index contributed by atoms with van der Waals surface area (Å²) in [7, 11) is 1.73. The number of anilines is 1. The Hall–Kier alpha value is -1.38. The first-order valence-electron chi connectivity index (χ1n) is 4.41. The van der Waals surface area contributed by atoms with E-state index in [1.54, 1.807) is 13.4 Å². The van der Waals surface area contributed by atoms with Crippen molar-refractivity contribution in [1.29, 1.82) is 0 Å². The van der Waals surface area contributed by atoms with Gasteiger partial charge >= 0.3 is 0 Å². The lowest BCUT2D eigenvalue weighted by Crippen LogP contribution is -2.02. The molecule has 0 aliphatic heterocycles. The van der Waals surface area contributed by atoms with Crippen LogP contribution in [-0.4, -0.2) is 18.4 Å². The Bertz CT molecular complexity index is 305. The zero-order valence-corrected chi connectivity index (χ0v) is 8.33. The SMILES string of the molecule is CCc1ccc(C)nc1NC=NC. The number of aliphatic imine (C=N–C) groups is 1. The van der Waals surface area contributed by atoms with Crippen molar-refractivity contribution < 1.29 is 0 Å². The molecular weight excluding hydrogens is 162 g/mol. The van der Waals surface area contributed by atoms with E-state index in [9.17, 15) is 0 Å². The minimum absolute atomic E-state index is 0.910. The Labute approximate surface area is 78.9 Å². The molecule has 0 aliphatic carbocycles. The van der Waals surface area contributed by atoms with Crippen molar-refractivity contribution in [2.24, 2.45) is 4.99 Å². The van der Waals surface area contributed by atoms with E-state index in [1.807, 2.05) is 13.0 Å². The van der Waals surface area contributed by atoms with Crippen LogP contribution in [0, 0.1) is 6.92 Å². The van der Waals surface area contributed by atoms with Crippen molar-refractivity contribution in [3.05, 3.63) is 23.4 Å². The maximum atomic E-state index is 4.38. The molecule has 0 aliphatic rings. The van der Waals surface area contributed by atoms with Crippen LogP contribution in [0.25, 0.3) is 0 Å². The normalized spacial score (nSPS) is 10.7. The highest BCUT2D eigenvalue weighted by Crippen LogP contribution is 2.12. The second kappa shape index (κ2) is 4.60. The summed E-state index contributed by atoms with van der Waals surface area (Å²) >= 11 is 0. The molecule has 13 heavy (non-hydrogen) atoms. The van der Waals surface area contributed by atoms with E-state index in [0.717, 1.165) is 17.9 Å². The molecule has 0 aromatic carbocycles. The topological polar surface area (TPSA) is 37.3 Å². The lowest BCUT2D eigenvalue weighted by atomic mass is 10.2. The van der Waals surface area contributed by atoms with Gasteiger partial charge in [0.05, 0.1) is 6.34 Å². The van der Waals surface area contributed by atoms with Crippen LogP contribution in [0.2, 0.25) is 0 Å². The van der Waals surface area contributed by atoms with Gasteiger partial charge in [-0.3, -0.25) is 4.99 Å². The van der Waals surface area contributed by atoms with Crippen LogP contribution in [-0.2, 0) is 6.42 Å². The lowest BCUT2D eigenvalue weighted by Gasteiger charge is -2.06. The van der Waals surface area contributed by atoms with E-state index in [0.29, 0.717) is 0 Å². The predicted molar refractivity (Wildman–Crippen MR) is 56.4 cm³/mol. The molecule has 1 aromatic rings. The lowest BCUT2D eigenvalue weighted by molar-refractivity contribution is 1.08. The summed E-state index contributed by atoms with van der Waals surface area (Å²) in [4.78, 5) is 8.24. The van der Waals surface area contributed by atoms with Crippen molar-refractivity contribution >= 4 is 12.2 Å². The number of aryl methyl sites for hydroxylation is 2. The molecule has 0 unspecified atom stereocenters. The first-order valence-corrected chi connectivity index (χ1v) is 4.41. The van der Waals surface area contributed by atoms with E-state index >= 15 is 0 Å². The summed E-state index contributed by atoms with van der Waals surface area (Å²) in [5, 5.41) is 3.05. The Balaban J connectivity index is 2.94. The fourth-order valence-electron chi connectivity index (χ4n) is 1.12. The van der Waals surface area contributed by atoms with Gasteiger partial charge in [-0.15, -0.1) is 0 Å². The average molecular weight is 177 g/mol. The number of pyridine rings is 1. The van der Waals surface area contributed by atoms with E-state index < -0.39 is 0 Å². The van der Waals surface area contributed by atoms with Crippen LogP contribution in [0.3, 0.4) is 0 Å². The van der Waals surface area contributed by atoms with Crippen LogP contribution in [0.5, 0.6) is 0 Å². The molecule has 0 bridgehead atoms. The number of hydrogen-bond acceptors (Lipinski definition) is 2. The molecule has 0 saturated carbocycles. The van der Waals surface area contributed by atoms with Gasteiger partial charge in [0.2, 0.25) is 0 Å². The Kier molecular flexibility index (Phi) is 3.43. The first kappa shape index (κ1) is 9.71. The van der Waals surface area contributed by atoms with Crippen molar-refractivity contribution in [2.45, 2.75) is 20.3 Å². The summed E-state index contributed by atoms with van der Waals surface area (Å²) in [6, 6.07) is 4.11. The van der Waals surface area contributed by atoms with Crippen LogP contribution < -0.4 is 5.32 Å². The summed E-state index contributed by atoms with van der Waals surface area (Å²) < 4.78 is 0. The van der Waals surface area contributed by atoms with Crippen LogP contribution >= 0.6 is 0 Å². The van der Waals surface area contributed by atoms with Gasteiger partial charge in [0.25, 0.3) is 0 Å². The predicted octanol–water partition coefficient (Wildman–Crippen LogP) is 2.02. The molecular formula is C10H15N3. The molecule has 0 spiro atoms. The Morgan fingerprint density at radius 3 is 2.92 bits per heavy atom. The highest BCUT2D eigenvalue weighted by Gasteiger charge is 1.99. The molecule has 1 N–H and O–H groups in total. The van der Waals surface area contributed by atoms with Crippen molar-refractivity contribution in [1.82, 2.24) is 4.98 Å². The molecule has 3 heteroatoms. The van der Waals surface area contributed by atoms with Gasteiger partial charge in [0.15, 0.2) is 0 Å². The Morgan fingerprint density at radius 2 is 2.31 bits per heavy atom. The van der Waals surface area contributed by atoms with Gasteiger partial charge in [0, 0.05) is 12.7 Å². The number of rotatable bonds is 3. The molecule has 1 rings (SSSR count). The molecule has 0 fully saturated rings. The third-order valence-electron chi connectivity index (χ3n) is 1.83. The van der Waals surface area contributed by atoms with Gasteiger partial charge in [0.1, 0.15) is 5.82 Å². The number of hydrogen-bond donors (Lipinski definition) is 1. The van der Waals surface area contributed by atoms with E-state index in [1.165, 1.54) is 5.56 Å². The molecule has 70 valence electrons. The smallest absolute Gasteiger partial charge is 0.134 e. The maximum absolute atomic E-state index is 4.38. The van der Waals surface area contributed by atoms with Gasteiger partial charge in [-0.25, -0.2) is 4.98 Å². The highest BCUT2D eigenvalue weighted by molar-refractivity contribution is 5.75. The first-order chi connectivity index (χ1) is 6.27. The van der Waals surface area contributed by atoms with Gasteiger partial charge in [-0.1, -0.05) is 13.0 Å². The minimum Gasteiger partial charge on any atom is -0.331 e. The van der Waals surface area contributed by atoms with Crippen molar-refractivity contribution in [2.75, 3.05) is 12.4 Å². The van der Waals surface area contributed by atoms with Crippen molar-refractivity contribution in [3.8, 4) is 0 Å². The zero-order chi connectivity index (χ0) is 9.68. The van der Waals surface area contributed by atoms with Gasteiger partial charge in [-0.05, 0) is 25.0 Å². The van der Waals surface area contributed by atoms with Crippen LogP contribution in [0.4, 0.5) is 5.82 Å². The molecule has 0 saturated heterocycles. The Morgan fingerprint density at radius 1 is 1.54 bits per heavy atom. The zero-order valence-electron chi connectivity index (χ0n) is 8.33. The van der Waals surface area contributed by atoms with E-state index in [4.69, 9.17) is 0 Å². The third kappa shape index (κ3) is 2.54. The van der Waals surface area contributed by atoms with Crippen LogP contribution in [0.15, 0.2) is 17.1 Å². The standard InChI is InChI=1S/C10H15N3/c1-4-9-6-5-8(2)13-10(9)12-7-11-3/h5-7H,4H2,1-3H3,(H,11,12,13). The van der Waals surface area contributed by atoms with Gasteiger partial charge < -0.3 is 5.32 Å². The fraction of sp³-hybridized carbons (Fsp3) is 0.400. The summed E-state index contributed by atoms with van der Waals surface area (Å²) in [5.74, 6) is 0.910. The fourth-order valence-corrected chi connectivity index (χ4v) is 1.12. The molecule has 1 heterocycles. The van der Waals surface area contributed by atoms with Gasteiger partial charge in [-0.2, -0.15) is 0 Å². The minimum atomic E-state index is 0.910. The monoisotopic (exact) mass is 177 g/mol. The largest absolute Gasteiger partial charge is 0.331 e. The maximum Gasteiger partial charge on any atom is 0.134 e. The number of aromatic nitrogens is 1. The van der Waals surface area contributed by atoms with E-state index in [2.05, 4.69) is 28.3 Å². The molecule has 3 nitrogen and oxygen atoms in total. The number of nitrogens with zero attached hydrogens (tertiary/aromatic N) is 2. The second-order valence-electron chi connectivity index (χ2n) is 2.85. The molecule has 1 aromatic heterocycles. The molecule has 0 amide bonds. The van der Waals surface area contributed by atoms with E-state index in [-0.39, 0.29) is 0 Å². The quantitative estimate of drug-likeness (QED) is 0.566. The van der Waals surface area contributed by atoms with Crippen molar-refractivity contribution in [3.63, 3.8) is 0 Å². The number of nitrogens with one attached hydrogen (secondary N) is 1. The second-order valence-corrected chi connectivity index (χ2v) is 2.85. The molecule has 0 atom stereocenters. The average Bonchev–Trinajstić information content (AvgIpc) is 2.15.